The van der Waals surface area contributed by atoms with Gasteiger partial charge in [-0.05, 0) is 0 Å². The first-order chi connectivity index (χ1) is 4.70. The summed E-state index contributed by atoms with van der Waals surface area (Å²) in [5, 5.41) is 1.76. The van der Waals surface area contributed by atoms with Crippen LogP contribution in [-0.4, -0.2) is 4.57 Å². The second kappa shape index (κ2) is 3.16. The smallest absolute Gasteiger partial charge is 0.301 e. The van der Waals surface area contributed by atoms with Crippen LogP contribution in [-0.2, 0) is 6.54 Å². The van der Waals surface area contributed by atoms with Gasteiger partial charge >= 0.3 is 4.87 Å². The monoisotopic (exact) mass is 219 g/mol. The quantitative estimate of drug-likeness (QED) is 0.745. The molecule has 10 heavy (non-hydrogen) atoms. The molecule has 0 saturated heterocycles. The first-order valence-corrected chi connectivity index (χ1v) is 4.34. The van der Waals surface area contributed by atoms with Crippen molar-refractivity contribution in [2.75, 3.05) is 0 Å². The summed E-state index contributed by atoms with van der Waals surface area (Å²) in [6.07, 6.45) is 1.75. The molecule has 0 aromatic carbocycles. The third kappa shape index (κ3) is 1.82. The lowest BCUT2D eigenvalue weighted by Crippen LogP contribution is -2.11. The molecule has 1 heterocycles. The number of halogens is 1. The third-order valence-corrected chi connectivity index (χ3v) is 1.93. The Hall–Kier alpha value is -0.350. The molecular formula is C6H6BrNOS. The highest BCUT2D eigenvalue weighted by molar-refractivity contribution is 9.11. The van der Waals surface area contributed by atoms with Gasteiger partial charge in [0.25, 0.3) is 0 Å². The van der Waals surface area contributed by atoms with Crippen LogP contribution in [0.3, 0.4) is 0 Å². The van der Waals surface area contributed by atoms with Gasteiger partial charge < -0.3 is 4.57 Å². The molecule has 1 rings (SSSR count). The van der Waals surface area contributed by atoms with Crippen LogP contribution in [0.1, 0.15) is 0 Å². The van der Waals surface area contributed by atoms with Gasteiger partial charge in [0, 0.05) is 16.1 Å². The van der Waals surface area contributed by atoms with E-state index in [1.54, 1.807) is 16.1 Å². The summed E-state index contributed by atoms with van der Waals surface area (Å²) in [4.78, 5) is 10.9. The van der Waals surface area contributed by atoms with Crippen molar-refractivity contribution in [2.45, 2.75) is 6.54 Å². The first-order valence-electron chi connectivity index (χ1n) is 2.67. The van der Waals surface area contributed by atoms with Crippen LogP contribution in [0.4, 0.5) is 0 Å². The minimum absolute atomic E-state index is 0.0561. The summed E-state index contributed by atoms with van der Waals surface area (Å²) < 4.78 is 2.41. The fourth-order valence-corrected chi connectivity index (χ4v) is 1.45. The Balaban J connectivity index is 2.85. The van der Waals surface area contributed by atoms with Crippen molar-refractivity contribution in [3.63, 3.8) is 0 Å². The first kappa shape index (κ1) is 7.75. The molecule has 0 aliphatic rings. The van der Waals surface area contributed by atoms with Crippen LogP contribution in [0.15, 0.2) is 27.4 Å². The van der Waals surface area contributed by atoms with E-state index in [1.165, 1.54) is 11.3 Å². The van der Waals surface area contributed by atoms with E-state index in [4.69, 9.17) is 0 Å². The lowest BCUT2D eigenvalue weighted by molar-refractivity contribution is 0.801. The second-order valence-electron chi connectivity index (χ2n) is 1.81. The zero-order valence-corrected chi connectivity index (χ0v) is 7.61. The maximum Gasteiger partial charge on any atom is 0.307 e. The minimum Gasteiger partial charge on any atom is -0.301 e. The van der Waals surface area contributed by atoms with Crippen molar-refractivity contribution in [3.8, 4) is 0 Å². The molecule has 0 radical (unpaired) electrons. The van der Waals surface area contributed by atoms with Gasteiger partial charge in [-0.15, -0.1) is 0 Å². The summed E-state index contributed by atoms with van der Waals surface area (Å²) in [6, 6.07) is 0. The topological polar surface area (TPSA) is 22.0 Å². The van der Waals surface area contributed by atoms with E-state index in [0.29, 0.717) is 6.54 Å². The van der Waals surface area contributed by atoms with Gasteiger partial charge in [-0.25, -0.2) is 0 Å². The van der Waals surface area contributed by atoms with Crippen LogP contribution in [0, 0.1) is 0 Å². The Bertz CT molecular complexity index is 288. The third-order valence-electron chi connectivity index (χ3n) is 0.986. The number of hydrogen-bond acceptors (Lipinski definition) is 2. The number of allylic oxidation sites excluding steroid dienone is 1. The van der Waals surface area contributed by atoms with E-state index in [-0.39, 0.29) is 4.87 Å². The molecule has 0 fully saturated rings. The Kier molecular flexibility index (Phi) is 2.45. The Labute approximate surface area is 70.9 Å². The zero-order chi connectivity index (χ0) is 7.56. The number of thiazole rings is 1. The van der Waals surface area contributed by atoms with Gasteiger partial charge in [-0.1, -0.05) is 33.8 Å². The summed E-state index contributed by atoms with van der Waals surface area (Å²) in [6.45, 7) is 4.19. The van der Waals surface area contributed by atoms with Gasteiger partial charge in [0.05, 0.1) is 6.54 Å². The molecule has 2 nitrogen and oxygen atoms in total. The Morgan fingerprint density at radius 3 is 3.00 bits per heavy atom. The van der Waals surface area contributed by atoms with E-state index in [2.05, 4.69) is 22.5 Å². The van der Waals surface area contributed by atoms with E-state index in [9.17, 15) is 4.79 Å². The standard InChI is InChI=1S/C6H6BrNOS/c1-5(7)4-8-2-3-10-6(8)9/h2-3H,1,4H2. The minimum atomic E-state index is 0.0561. The largest absolute Gasteiger partial charge is 0.307 e. The normalized spacial score (nSPS) is 9.70. The average Bonchev–Trinajstić information content (AvgIpc) is 2.15. The van der Waals surface area contributed by atoms with E-state index in [0.717, 1.165) is 4.48 Å². The molecule has 4 heteroatoms. The molecule has 0 spiro atoms. The molecule has 0 atom stereocenters. The summed E-state index contributed by atoms with van der Waals surface area (Å²) in [7, 11) is 0. The van der Waals surface area contributed by atoms with Crippen molar-refractivity contribution >= 4 is 27.3 Å². The number of rotatable bonds is 2. The molecule has 0 aliphatic heterocycles. The predicted molar refractivity (Wildman–Crippen MR) is 46.6 cm³/mol. The van der Waals surface area contributed by atoms with Crippen molar-refractivity contribution in [3.05, 3.63) is 32.3 Å². The van der Waals surface area contributed by atoms with Crippen LogP contribution in [0.5, 0.6) is 0 Å². The molecule has 0 saturated carbocycles. The molecule has 1 aromatic rings. The molecule has 0 N–H and O–H groups in total. The van der Waals surface area contributed by atoms with Gasteiger partial charge in [0.2, 0.25) is 0 Å². The fraction of sp³-hybridized carbons (Fsp3) is 0.167. The SMILES string of the molecule is C=C(Br)Cn1ccsc1=O. The molecule has 0 bridgehead atoms. The molecule has 54 valence electrons. The molecular weight excluding hydrogens is 214 g/mol. The molecule has 0 amide bonds. The fourth-order valence-electron chi connectivity index (χ4n) is 0.593. The maximum absolute atomic E-state index is 10.9. The summed E-state index contributed by atoms with van der Waals surface area (Å²) in [5.41, 5.74) is 0. The number of aromatic nitrogens is 1. The Morgan fingerprint density at radius 1 is 1.90 bits per heavy atom. The predicted octanol–water partition coefficient (Wildman–Crippen LogP) is 1.82. The van der Waals surface area contributed by atoms with Crippen molar-refractivity contribution < 1.29 is 0 Å². The van der Waals surface area contributed by atoms with Gasteiger partial charge in [0.1, 0.15) is 0 Å². The summed E-state index contributed by atoms with van der Waals surface area (Å²) in [5.74, 6) is 0. The molecule has 1 aromatic heterocycles. The van der Waals surface area contributed by atoms with E-state index < -0.39 is 0 Å². The molecule has 0 aliphatic carbocycles. The van der Waals surface area contributed by atoms with Gasteiger partial charge in [-0.2, -0.15) is 0 Å². The lowest BCUT2D eigenvalue weighted by Gasteiger charge is -1.95. The Morgan fingerprint density at radius 2 is 2.60 bits per heavy atom. The maximum atomic E-state index is 10.9. The van der Waals surface area contributed by atoms with Gasteiger partial charge in [-0.3, -0.25) is 4.79 Å². The van der Waals surface area contributed by atoms with Crippen molar-refractivity contribution in [1.82, 2.24) is 4.57 Å². The second-order valence-corrected chi connectivity index (χ2v) is 3.79. The van der Waals surface area contributed by atoms with Crippen LogP contribution in [0.2, 0.25) is 0 Å². The highest BCUT2D eigenvalue weighted by Crippen LogP contribution is 2.03. The number of hydrogen-bond donors (Lipinski definition) is 0. The zero-order valence-electron chi connectivity index (χ0n) is 5.21. The molecule has 0 unspecified atom stereocenters. The highest BCUT2D eigenvalue weighted by Gasteiger charge is 1.95. The van der Waals surface area contributed by atoms with Crippen LogP contribution in [0.25, 0.3) is 0 Å². The summed E-state index contributed by atoms with van der Waals surface area (Å²) >= 11 is 4.37. The van der Waals surface area contributed by atoms with E-state index >= 15 is 0 Å². The van der Waals surface area contributed by atoms with E-state index in [1.807, 2.05) is 0 Å². The number of nitrogens with zero attached hydrogens (tertiary/aromatic N) is 1. The lowest BCUT2D eigenvalue weighted by atomic mass is 10.6. The van der Waals surface area contributed by atoms with Crippen molar-refractivity contribution in [1.29, 1.82) is 0 Å². The van der Waals surface area contributed by atoms with Crippen LogP contribution < -0.4 is 4.87 Å². The van der Waals surface area contributed by atoms with Gasteiger partial charge in [0.15, 0.2) is 0 Å². The van der Waals surface area contributed by atoms with Crippen LogP contribution >= 0.6 is 27.3 Å². The van der Waals surface area contributed by atoms with Crippen molar-refractivity contribution in [2.24, 2.45) is 0 Å². The average molecular weight is 220 g/mol. The highest BCUT2D eigenvalue weighted by atomic mass is 79.9.